The summed E-state index contributed by atoms with van der Waals surface area (Å²) in [6.07, 6.45) is 47.2. The highest BCUT2D eigenvalue weighted by atomic mass is 16.4. The Balaban J connectivity index is 1.92. The first-order valence-corrected chi connectivity index (χ1v) is 20.2. The zero-order valence-electron chi connectivity index (χ0n) is 30.2. The highest BCUT2D eigenvalue weighted by molar-refractivity contribution is 5.57. The normalized spacial score (nSPS) is 16.4. The van der Waals surface area contributed by atoms with Gasteiger partial charge in [-0.25, -0.2) is 0 Å². The third-order valence-corrected chi connectivity index (χ3v) is 10.1. The van der Waals surface area contributed by atoms with Crippen LogP contribution in [0.5, 0.6) is 0 Å². The number of carbonyl (C=O) groups is 1. The molecule has 0 saturated heterocycles. The minimum Gasteiger partial charge on any atom is -0.435 e. The number of quaternary nitrogens is 1. The fourth-order valence-electron chi connectivity index (χ4n) is 6.96. The Morgan fingerprint density at radius 1 is 0.500 bits per heavy atom. The second-order valence-corrected chi connectivity index (χ2v) is 14.4. The number of hydrogen-bond acceptors (Lipinski definition) is 2. The molecule has 0 aromatic heterocycles. The Morgan fingerprint density at radius 2 is 0.795 bits per heavy atom. The summed E-state index contributed by atoms with van der Waals surface area (Å²) in [6, 6.07) is 0. The molecule has 1 amide bonds. The molecule has 0 radical (unpaired) electrons. The van der Waals surface area contributed by atoms with Crippen molar-refractivity contribution >= 4 is 6.09 Å². The SMILES string of the molecule is CCCCCCCCCCCCCCCCCCN1C=C[N+](CCCCCCCCCCCCCCCCCC)(C(=O)O)C1. The van der Waals surface area contributed by atoms with Gasteiger partial charge in [0.05, 0.1) is 12.7 Å². The molecule has 4 nitrogen and oxygen atoms in total. The Bertz CT molecular complexity index is 651. The highest BCUT2D eigenvalue weighted by Gasteiger charge is 2.39. The Hall–Kier alpha value is -1.03. The molecule has 0 spiro atoms. The summed E-state index contributed by atoms with van der Waals surface area (Å²) in [5.41, 5.74) is 0. The van der Waals surface area contributed by atoms with Crippen molar-refractivity contribution in [1.82, 2.24) is 4.90 Å². The van der Waals surface area contributed by atoms with Crippen LogP contribution in [-0.2, 0) is 0 Å². The molecule has 44 heavy (non-hydrogen) atoms. The van der Waals surface area contributed by atoms with Gasteiger partial charge in [0.25, 0.3) is 0 Å². The maximum atomic E-state index is 12.2. The summed E-state index contributed by atoms with van der Waals surface area (Å²) in [5.74, 6) is 0. The van der Waals surface area contributed by atoms with Gasteiger partial charge in [-0.1, -0.05) is 200 Å². The summed E-state index contributed by atoms with van der Waals surface area (Å²) in [4.78, 5) is 14.4. The minimum absolute atomic E-state index is 0.109. The Kier molecular flexibility index (Phi) is 28.5. The number of amides is 1. The van der Waals surface area contributed by atoms with Crippen molar-refractivity contribution in [3.8, 4) is 0 Å². The number of carboxylic acid groups (broad SMARTS) is 1. The number of rotatable bonds is 34. The molecule has 0 fully saturated rings. The molecule has 260 valence electrons. The largest absolute Gasteiger partial charge is 0.519 e. The van der Waals surface area contributed by atoms with Crippen molar-refractivity contribution in [3.63, 3.8) is 0 Å². The van der Waals surface area contributed by atoms with Crippen molar-refractivity contribution in [2.45, 2.75) is 219 Å². The molecule has 0 bridgehead atoms. The van der Waals surface area contributed by atoms with Crippen LogP contribution in [0.3, 0.4) is 0 Å². The lowest BCUT2D eigenvalue weighted by atomic mass is 10.0. The van der Waals surface area contributed by atoms with Gasteiger partial charge < -0.3 is 10.0 Å². The van der Waals surface area contributed by atoms with Gasteiger partial charge in [0.2, 0.25) is 0 Å². The van der Waals surface area contributed by atoms with Gasteiger partial charge in [0.1, 0.15) is 6.20 Å². The molecule has 0 aromatic rings. The van der Waals surface area contributed by atoms with Crippen molar-refractivity contribution in [2.75, 3.05) is 19.8 Å². The van der Waals surface area contributed by atoms with E-state index in [2.05, 4.69) is 24.9 Å². The van der Waals surface area contributed by atoms with Crippen LogP contribution in [0, 0.1) is 0 Å². The maximum absolute atomic E-state index is 12.2. The van der Waals surface area contributed by atoms with E-state index in [0.717, 1.165) is 25.9 Å². The van der Waals surface area contributed by atoms with Gasteiger partial charge in [0, 0.05) is 6.54 Å². The molecule has 1 atom stereocenters. The zero-order valence-corrected chi connectivity index (χ0v) is 30.2. The molecular weight excluding hydrogens is 540 g/mol. The molecule has 0 aromatic carbocycles. The van der Waals surface area contributed by atoms with Crippen LogP contribution in [0.25, 0.3) is 0 Å². The second-order valence-electron chi connectivity index (χ2n) is 14.4. The number of hydrogen-bond donors (Lipinski definition) is 1. The molecule has 1 N–H and O–H groups in total. The lowest BCUT2D eigenvalue weighted by Gasteiger charge is -2.27. The highest BCUT2D eigenvalue weighted by Crippen LogP contribution is 2.22. The third kappa shape index (κ3) is 23.3. The van der Waals surface area contributed by atoms with Crippen LogP contribution in [0.15, 0.2) is 12.4 Å². The Morgan fingerprint density at radius 3 is 1.11 bits per heavy atom. The van der Waals surface area contributed by atoms with E-state index >= 15 is 0 Å². The van der Waals surface area contributed by atoms with Crippen LogP contribution in [0.1, 0.15) is 219 Å². The van der Waals surface area contributed by atoms with E-state index in [1.165, 1.54) is 193 Å². The summed E-state index contributed by atoms with van der Waals surface area (Å²) in [7, 11) is 0. The quantitative estimate of drug-likeness (QED) is 0.0575. The van der Waals surface area contributed by atoms with Gasteiger partial charge in [-0.2, -0.15) is 9.28 Å². The van der Waals surface area contributed by atoms with E-state index in [1.807, 2.05) is 6.20 Å². The molecular formula is C40H79N2O2+. The lowest BCUT2D eigenvalue weighted by Crippen LogP contribution is -2.49. The van der Waals surface area contributed by atoms with Gasteiger partial charge in [-0.3, -0.25) is 0 Å². The first-order valence-electron chi connectivity index (χ1n) is 20.2. The predicted molar refractivity (Wildman–Crippen MR) is 193 cm³/mol. The number of nitrogens with zero attached hydrogens (tertiary/aromatic N) is 2. The zero-order chi connectivity index (χ0) is 31.8. The summed E-state index contributed by atoms with van der Waals surface area (Å²) >= 11 is 0. The van der Waals surface area contributed by atoms with Crippen molar-refractivity contribution < 1.29 is 14.4 Å². The van der Waals surface area contributed by atoms with Crippen LogP contribution >= 0.6 is 0 Å². The predicted octanol–water partition coefficient (Wildman–Crippen LogP) is 13.7. The summed E-state index contributed by atoms with van der Waals surface area (Å²) in [6.45, 7) is 6.94. The van der Waals surface area contributed by atoms with E-state index < -0.39 is 6.09 Å². The van der Waals surface area contributed by atoms with E-state index in [9.17, 15) is 9.90 Å². The monoisotopic (exact) mass is 620 g/mol. The molecule has 1 aliphatic heterocycles. The van der Waals surface area contributed by atoms with Crippen LogP contribution in [-0.4, -0.2) is 40.3 Å². The molecule has 4 heteroatoms. The third-order valence-electron chi connectivity index (χ3n) is 10.1. The smallest absolute Gasteiger partial charge is 0.435 e. The Labute approximate surface area is 276 Å². The second kappa shape index (κ2) is 30.6. The average molecular weight is 620 g/mol. The first-order chi connectivity index (χ1) is 21.6. The summed E-state index contributed by atoms with van der Waals surface area (Å²) in [5, 5.41) is 10.0. The fourth-order valence-corrected chi connectivity index (χ4v) is 6.96. The molecule has 1 heterocycles. The first kappa shape index (κ1) is 41.0. The van der Waals surface area contributed by atoms with Crippen molar-refractivity contribution in [2.24, 2.45) is 0 Å². The van der Waals surface area contributed by atoms with Gasteiger partial charge in [-0.15, -0.1) is 0 Å². The van der Waals surface area contributed by atoms with Gasteiger partial charge >= 0.3 is 6.09 Å². The van der Waals surface area contributed by atoms with E-state index in [4.69, 9.17) is 0 Å². The van der Waals surface area contributed by atoms with Gasteiger partial charge in [0.15, 0.2) is 6.67 Å². The fraction of sp³-hybridized carbons (Fsp3) is 0.925. The van der Waals surface area contributed by atoms with E-state index in [-0.39, 0.29) is 4.48 Å². The molecule has 1 rings (SSSR count). The summed E-state index contributed by atoms with van der Waals surface area (Å²) < 4.78 is 0.109. The van der Waals surface area contributed by atoms with Crippen LogP contribution in [0.4, 0.5) is 4.79 Å². The molecule has 1 aliphatic rings. The topological polar surface area (TPSA) is 40.5 Å². The van der Waals surface area contributed by atoms with Crippen molar-refractivity contribution in [3.05, 3.63) is 12.4 Å². The number of unbranched alkanes of at least 4 members (excludes halogenated alkanes) is 30. The van der Waals surface area contributed by atoms with Gasteiger partial charge in [-0.05, 0) is 19.3 Å². The maximum Gasteiger partial charge on any atom is 0.519 e. The lowest BCUT2D eigenvalue weighted by molar-refractivity contribution is -0.808. The van der Waals surface area contributed by atoms with Crippen molar-refractivity contribution in [1.29, 1.82) is 0 Å². The van der Waals surface area contributed by atoms with E-state index in [1.54, 1.807) is 0 Å². The van der Waals surface area contributed by atoms with E-state index in [0.29, 0.717) is 6.67 Å². The minimum atomic E-state index is -0.684. The average Bonchev–Trinajstić information content (AvgIpc) is 3.45. The molecule has 1 unspecified atom stereocenters. The van der Waals surface area contributed by atoms with Crippen LogP contribution < -0.4 is 0 Å². The standard InChI is InChI=1S/C40H78N2O2/c1-3-5-7-9-11-13-15-17-19-21-23-25-27-29-31-33-35-41-36-38-42(39-41,40(43)44)37-34-32-30-28-26-24-22-20-18-16-14-12-10-8-6-4-2/h36,38H,3-35,37,39H2,1-2H3/p+1. The van der Waals surface area contributed by atoms with Crippen LogP contribution in [0.2, 0.25) is 0 Å². The molecule has 0 saturated carbocycles. The molecule has 0 aliphatic carbocycles.